The summed E-state index contributed by atoms with van der Waals surface area (Å²) in [6, 6.07) is 0. The van der Waals surface area contributed by atoms with Crippen LogP contribution < -0.4 is 9.47 Å². The Morgan fingerprint density at radius 2 is 1.20 bits per heavy atom. The molecule has 0 spiro atoms. The Bertz CT molecular complexity index is 441. The van der Waals surface area contributed by atoms with E-state index in [9.17, 15) is 10.2 Å². The van der Waals surface area contributed by atoms with Crippen molar-refractivity contribution >= 4 is 0 Å². The van der Waals surface area contributed by atoms with E-state index >= 15 is 0 Å². The molecule has 2 N–H and O–H groups in total. The Kier molecular flexibility index (Phi) is 6.49. The fourth-order valence-corrected chi connectivity index (χ4v) is 2.22. The SMILES string of the molecule is CCCOc1c(O)c(O)c(CC)c(CC)c1OCCC. The van der Waals surface area contributed by atoms with Gasteiger partial charge in [-0.1, -0.05) is 27.7 Å². The lowest BCUT2D eigenvalue weighted by Gasteiger charge is -2.20. The van der Waals surface area contributed by atoms with Gasteiger partial charge in [0.1, 0.15) is 0 Å². The van der Waals surface area contributed by atoms with E-state index in [-0.39, 0.29) is 17.2 Å². The van der Waals surface area contributed by atoms with E-state index in [0.717, 1.165) is 30.4 Å². The number of phenols is 2. The van der Waals surface area contributed by atoms with Crippen LogP contribution in [-0.4, -0.2) is 23.4 Å². The smallest absolute Gasteiger partial charge is 0.207 e. The van der Waals surface area contributed by atoms with Crippen molar-refractivity contribution in [1.29, 1.82) is 0 Å². The maximum absolute atomic E-state index is 10.2. The Balaban J connectivity index is 3.40. The fourth-order valence-electron chi connectivity index (χ4n) is 2.22. The van der Waals surface area contributed by atoms with Gasteiger partial charge in [-0.3, -0.25) is 0 Å². The van der Waals surface area contributed by atoms with E-state index in [4.69, 9.17) is 9.47 Å². The van der Waals surface area contributed by atoms with Crippen molar-refractivity contribution in [3.8, 4) is 23.0 Å². The topological polar surface area (TPSA) is 58.9 Å². The minimum atomic E-state index is -0.210. The van der Waals surface area contributed by atoms with Gasteiger partial charge < -0.3 is 19.7 Å². The highest BCUT2D eigenvalue weighted by molar-refractivity contribution is 5.66. The first-order valence-electron chi connectivity index (χ1n) is 7.47. The molecule has 0 bridgehead atoms. The minimum absolute atomic E-state index is 0.0840. The largest absolute Gasteiger partial charge is 0.504 e. The number of rotatable bonds is 8. The van der Waals surface area contributed by atoms with Gasteiger partial charge >= 0.3 is 0 Å². The van der Waals surface area contributed by atoms with Crippen molar-refractivity contribution in [3.63, 3.8) is 0 Å². The van der Waals surface area contributed by atoms with Crippen LogP contribution >= 0.6 is 0 Å². The summed E-state index contributed by atoms with van der Waals surface area (Å²) in [4.78, 5) is 0. The Labute approximate surface area is 121 Å². The van der Waals surface area contributed by atoms with Crippen LogP contribution in [0.3, 0.4) is 0 Å². The van der Waals surface area contributed by atoms with Crippen molar-refractivity contribution < 1.29 is 19.7 Å². The number of ether oxygens (including phenoxy) is 2. The molecule has 0 aromatic heterocycles. The molecule has 0 aliphatic carbocycles. The van der Waals surface area contributed by atoms with E-state index in [1.807, 2.05) is 27.7 Å². The second kappa shape index (κ2) is 7.88. The molecule has 1 aromatic carbocycles. The third-order valence-electron chi connectivity index (χ3n) is 3.18. The summed E-state index contributed by atoms with van der Waals surface area (Å²) in [5.74, 6) is 0.555. The highest BCUT2D eigenvalue weighted by Crippen LogP contribution is 2.49. The molecule has 4 nitrogen and oxygen atoms in total. The van der Waals surface area contributed by atoms with Gasteiger partial charge in [-0.05, 0) is 25.7 Å². The molecule has 0 radical (unpaired) electrons. The van der Waals surface area contributed by atoms with Crippen LogP contribution in [0.4, 0.5) is 0 Å². The molecule has 1 aromatic rings. The molecule has 0 saturated carbocycles. The molecule has 0 fully saturated rings. The van der Waals surface area contributed by atoms with Crippen LogP contribution in [0, 0.1) is 0 Å². The maximum Gasteiger partial charge on any atom is 0.207 e. The molecule has 20 heavy (non-hydrogen) atoms. The van der Waals surface area contributed by atoms with Crippen LogP contribution in [0.15, 0.2) is 0 Å². The fraction of sp³-hybridized carbons (Fsp3) is 0.625. The molecule has 4 heteroatoms. The molecular weight excluding hydrogens is 256 g/mol. The highest BCUT2D eigenvalue weighted by Gasteiger charge is 2.24. The average molecular weight is 282 g/mol. The van der Waals surface area contributed by atoms with E-state index < -0.39 is 0 Å². The molecule has 0 unspecified atom stereocenters. The first-order valence-corrected chi connectivity index (χ1v) is 7.47. The van der Waals surface area contributed by atoms with Crippen molar-refractivity contribution in [3.05, 3.63) is 11.1 Å². The molecule has 0 saturated heterocycles. The molecule has 0 aliphatic rings. The lowest BCUT2D eigenvalue weighted by Crippen LogP contribution is -2.06. The number of hydrogen-bond acceptors (Lipinski definition) is 4. The van der Waals surface area contributed by atoms with Gasteiger partial charge in [0.15, 0.2) is 11.5 Å². The normalized spacial score (nSPS) is 10.6. The number of phenolic OH excluding ortho intramolecular Hbond substituents is 2. The van der Waals surface area contributed by atoms with Crippen LogP contribution in [0.1, 0.15) is 51.7 Å². The highest BCUT2D eigenvalue weighted by atomic mass is 16.5. The second-order valence-electron chi connectivity index (χ2n) is 4.72. The first-order chi connectivity index (χ1) is 9.62. The zero-order valence-electron chi connectivity index (χ0n) is 13.0. The standard InChI is InChI=1S/C16H26O4/c1-5-9-19-15-12(8-4)11(7-3)13(17)14(18)16(15)20-10-6-2/h17-18H,5-10H2,1-4H3. The van der Waals surface area contributed by atoms with Gasteiger partial charge in [0.2, 0.25) is 11.5 Å². The summed E-state index contributed by atoms with van der Waals surface area (Å²) in [6.07, 6.45) is 3.06. The lowest BCUT2D eigenvalue weighted by molar-refractivity contribution is 0.251. The summed E-state index contributed by atoms with van der Waals surface area (Å²) >= 11 is 0. The van der Waals surface area contributed by atoms with Crippen molar-refractivity contribution in [2.45, 2.75) is 53.4 Å². The predicted molar refractivity (Wildman–Crippen MR) is 80.1 cm³/mol. The van der Waals surface area contributed by atoms with Crippen LogP contribution in [0.2, 0.25) is 0 Å². The quantitative estimate of drug-likeness (QED) is 0.712. The van der Waals surface area contributed by atoms with Gasteiger partial charge in [-0.2, -0.15) is 0 Å². The average Bonchev–Trinajstić information content (AvgIpc) is 2.46. The Morgan fingerprint density at radius 3 is 1.65 bits per heavy atom. The van der Waals surface area contributed by atoms with E-state index in [2.05, 4.69) is 0 Å². The number of benzene rings is 1. The number of hydrogen-bond donors (Lipinski definition) is 2. The third-order valence-corrected chi connectivity index (χ3v) is 3.18. The van der Waals surface area contributed by atoms with Gasteiger partial charge in [-0.15, -0.1) is 0 Å². The van der Waals surface area contributed by atoms with Crippen molar-refractivity contribution in [1.82, 2.24) is 0 Å². The second-order valence-corrected chi connectivity index (χ2v) is 4.72. The molecule has 114 valence electrons. The Hall–Kier alpha value is -1.58. The summed E-state index contributed by atoms with van der Waals surface area (Å²) in [6.45, 7) is 9.01. The van der Waals surface area contributed by atoms with Gasteiger partial charge in [0.05, 0.1) is 13.2 Å². The maximum atomic E-state index is 10.2. The lowest BCUT2D eigenvalue weighted by atomic mass is 9.99. The summed E-state index contributed by atoms with van der Waals surface area (Å²) < 4.78 is 11.4. The molecule has 0 heterocycles. The van der Waals surface area contributed by atoms with E-state index in [1.165, 1.54) is 0 Å². The zero-order chi connectivity index (χ0) is 15.1. The number of aromatic hydroxyl groups is 2. The van der Waals surface area contributed by atoms with E-state index in [0.29, 0.717) is 25.4 Å². The van der Waals surface area contributed by atoms with Crippen LogP contribution in [0.5, 0.6) is 23.0 Å². The van der Waals surface area contributed by atoms with Gasteiger partial charge in [0.25, 0.3) is 0 Å². The summed E-state index contributed by atoms with van der Waals surface area (Å²) in [7, 11) is 0. The molecule has 1 rings (SSSR count). The van der Waals surface area contributed by atoms with Crippen LogP contribution in [-0.2, 0) is 12.8 Å². The third kappa shape index (κ3) is 3.30. The zero-order valence-corrected chi connectivity index (χ0v) is 13.0. The van der Waals surface area contributed by atoms with E-state index in [1.54, 1.807) is 0 Å². The minimum Gasteiger partial charge on any atom is -0.504 e. The summed E-state index contributed by atoms with van der Waals surface area (Å²) in [5, 5.41) is 20.3. The first kappa shape index (κ1) is 16.5. The Morgan fingerprint density at radius 1 is 0.700 bits per heavy atom. The van der Waals surface area contributed by atoms with Gasteiger partial charge in [-0.25, -0.2) is 0 Å². The molecule has 0 aliphatic heterocycles. The van der Waals surface area contributed by atoms with Crippen molar-refractivity contribution in [2.75, 3.05) is 13.2 Å². The molecule has 0 atom stereocenters. The van der Waals surface area contributed by atoms with Crippen LogP contribution in [0.25, 0.3) is 0 Å². The molecular formula is C16H26O4. The monoisotopic (exact) mass is 282 g/mol. The van der Waals surface area contributed by atoms with Crippen molar-refractivity contribution in [2.24, 2.45) is 0 Å². The predicted octanol–water partition coefficient (Wildman–Crippen LogP) is 3.80. The van der Waals surface area contributed by atoms with Gasteiger partial charge in [0, 0.05) is 11.1 Å². The molecule has 0 amide bonds. The summed E-state index contributed by atoms with van der Waals surface area (Å²) in [5.41, 5.74) is 1.65.